The van der Waals surface area contributed by atoms with Crippen molar-refractivity contribution in [3.05, 3.63) is 92.9 Å². The van der Waals surface area contributed by atoms with Crippen LogP contribution in [0.25, 0.3) is 11.1 Å². The Bertz CT molecular complexity index is 1500. The molecule has 1 aromatic heterocycles. The van der Waals surface area contributed by atoms with Gasteiger partial charge < -0.3 is 25.3 Å². The van der Waals surface area contributed by atoms with E-state index in [1.54, 1.807) is 0 Å². The smallest absolute Gasteiger partial charge is 0.253 e. The third-order valence-electron chi connectivity index (χ3n) is 7.59. The number of ether oxygens (including phenoxy) is 1. The number of hydrogen-bond acceptors (Lipinski definition) is 5. The van der Waals surface area contributed by atoms with Crippen LogP contribution in [0.4, 0.5) is 11.4 Å². The highest BCUT2D eigenvalue weighted by molar-refractivity contribution is 6.03. The predicted molar refractivity (Wildman–Crippen MR) is 160 cm³/mol. The van der Waals surface area contributed by atoms with E-state index in [2.05, 4.69) is 40.2 Å². The van der Waals surface area contributed by atoms with E-state index >= 15 is 0 Å². The van der Waals surface area contributed by atoms with Gasteiger partial charge in [-0.2, -0.15) is 0 Å². The summed E-state index contributed by atoms with van der Waals surface area (Å²) in [5, 5.41) is 5.88. The van der Waals surface area contributed by atoms with Gasteiger partial charge in [0.25, 0.3) is 11.5 Å². The van der Waals surface area contributed by atoms with Crippen molar-refractivity contribution in [2.24, 2.45) is 0 Å². The van der Waals surface area contributed by atoms with Crippen molar-refractivity contribution in [2.45, 2.75) is 53.1 Å². The van der Waals surface area contributed by atoms with E-state index in [0.717, 1.165) is 52.0 Å². The molecular weight excluding hydrogens is 504 g/mol. The molecule has 8 heteroatoms. The lowest BCUT2D eigenvalue weighted by atomic mass is 9.94. The topological polar surface area (TPSA) is 104 Å². The van der Waals surface area contributed by atoms with Gasteiger partial charge in [0.2, 0.25) is 5.91 Å². The molecule has 0 radical (unpaired) electrons. The van der Waals surface area contributed by atoms with E-state index in [0.29, 0.717) is 30.0 Å². The molecule has 8 nitrogen and oxygen atoms in total. The van der Waals surface area contributed by atoms with E-state index in [-0.39, 0.29) is 30.0 Å². The first kappa shape index (κ1) is 28.8. The molecule has 0 unspecified atom stereocenters. The SMILES string of the molecule is C=CC(=O)Nc1cc(C)ccc1-c1cc(C(=O)NCc2c(C)cc(C)[nH]c2=O)c(C)c(N(C)C2CCOCC2)c1. The number of nitrogens with zero attached hydrogens (tertiary/aromatic N) is 1. The van der Waals surface area contributed by atoms with Gasteiger partial charge in [-0.25, -0.2) is 0 Å². The van der Waals surface area contributed by atoms with Gasteiger partial charge in [-0.15, -0.1) is 0 Å². The summed E-state index contributed by atoms with van der Waals surface area (Å²) in [4.78, 5) is 43.5. The maximum atomic E-state index is 13.7. The number of amides is 2. The first-order valence-corrected chi connectivity index (χ1v) is 13.6. The van der Waals surface area contributed by atoms with E-state index < -0.39 is 0 Å². The van der Waals surface area contributed by atoms with Gasteiger partial charge in [0.1, 0.15) is 0 Å². The monoisotopic (exact) mass is 542 g/mol. The Kier molecular flexibility index (Phi) is 8.90. The summed E-state index contributed by atoms with van der Waals surface area (Å²) >= 11 is 0. The van der Waals surface area contributed by atoms with Crippen molar-refractivity contribution in [1.29, 1.82) is 0 Å². The number of carbonyl (C=O) groups is 2. The minimum Gasteiger partial charge on any atom is -0.381 e. The van der Waals surface area contributed by atoms with Crippen LogP contribution in [0.1, 0.15) is 51.1 Å². The van der Waals surface area contributed by atoms with Crippen LogP contribution in [-0.4, -0.2) is 43.1 Å². The van der Waals surface area contributed by atoms with Crippen molar-refractivity contribution in [1.82, 2.24) is 10.3 Å². The standard InChI is InChI=1S/C32H38N4O4/c1-7-30(37)35-28-14-19(2)8-9-25(28)23-16-26(22(5)29(17-23)36(6)24-10-12-40-13-11-24)31(38)33-18-27-20(3)15-21(4)34-32(27)39/h7-9,14-17,24H,1,10-13,18H2,2-6H3,(H,33,38)(H,34,39)(H,35,37). The first-order chi connectivity index (χ1) is 19.1. The number of benzene rings is 2. The number of hydrogen-bond donors (Lipinski definition) is 3. The zero-order valence-corrected chi connectivity index (χ0v) is 23.9. The van der Waals surface area contributed by atoms with Gasteiger partial charge in [0.05, 0.1) is 0 Å². The number of aryl methyl sites for hydroxylation is 3. The number of carbonyl (C=O) groups excluding carboxylic acids is 2. The molecule has 1 saturated heterocycles. The fourth-order valence-corrected chi connectivity index (χ4v) is 5.29. The van der Waals surface area contributed by atoms with Gasteiger partial charge in [-0.1, -0.05) is 18.7 Å². The van der Waals surface area contributed by atoms with Crippen LogP contribution in [-0.2, 0) is 16.1 Å². The zero-order chi connectivity index (χ0) is 29.0. The second kappa shape index (κ2) is 12.3. The number of rotatable bonds is 8. The zero-order valence-electron chi connectivity index (χ0n) is 23.9. The number of H-pyrrole nitrogens is 1. The summed E-state index contributed by atoms with van der Waals surface area (Å²) < 4.78 is 5.58. The molecule has 2 amide bonds. The van der Waals surface area contributed by atoms with Crippen LogP contribution in [0.2, 0.25) is 0 Å². The molecular formula is C32H38N4O4. The molecule has 1 fully saturated rings. The van der Waals surface area contributed by atoms with Crippen LogP contribution in [0.3, 0.4) is 0 Å². The first-order valence-electron chi connectivity index (χ1n) is 13.6. The summed E-state index contributed by atoms with van der Waals surface area (Å²) in [6.07, 6.45) is 3.02. The molecule has 0 bridgehead atoms. The van der Waals surface area contributed by atoms with Gasteiger partial charge >= 0.3 is 0 Å². The second-order valence-electron chi connectivity index (χ2n) is 10.5. The molecule has 4 rings (SSSR count). The second-order valence-corrected chi connectivity index (χ2v) is 10.5. The Labute approximate surface area is 235 Å². The highest BCUT2D eigenvalue weighted by atomic mass is 16.5. The lowest BCUT2D eigenvalue weighted by Crippen LogP contribution is -2.37. The minimum atomic E-state index is -0.310. The highest BCUT2D eigenvalue weighted by Gasteiger charge is 2.24. The Morgan fingerprint density at radius 1 is 1.10 bits per heavy atom. The third kappa shape index (κ3) is 6.34. The maximum absolute atomic E-state index is 13.7. The molecule has 40 heavy (non-hydrogen) atoms. The van der Waals surface area contributed by atoms with Gasteiger partial charge in [0, 0.05) is 66.6 Å². The van der Waals surface area contributed by atoms with Crippen molar-refractivity contribution in [3.8, 4) is 11.1 Å². The molecule has 3 N–H and O–H groups in total. The van der Waals surface area contributed by atoms with Crippen LogP contribution in [0.15, 0.2) is 53.8 Å². The average Bonchev–Trinajstić information content (AvgIpc) is 2.92. The lowest BCUT2D eigenvalue weighted by molar-refractivity contribution is -0.111. The van der Waals surface area contributed by atoms with E-state index in [1.165, 1.54) is 6.08 Å². The van der Waals surface area contributed by atoms with Gasteiger partial charge in [0.15, 0.2) is 0 Å². The molecule has 210 valence electrons. The average molecular weight is 543 g/mol. The van der Waals surface area contributed by atoms with Crippen LogP contribution < -0.4 is 21.1 Å². The van der Waals surface area contributed by atoms with E-state index in [9.17, 15) is 14.4 Å². The Morgan fingerprint density at radius 2 is 1.82 bits per heavy atom. The molecule has 3 aromatic rings. The summed E-state index contributed by atoms with van der Waals surface area (Å²) in [6, 6.07) is 11.9. The van der Waals surface area contributed by atoms with Crippen LogP contribution in [0.5, 0.6) is 0 Å². The number of pyridine rings is 1. The summed E-state index contributed by atoms with van der Waals surface area (Å²) in [6.45, 7) is 12.7. The normalized spacial score (nSPS) is 13.5. The fourth-order valence-electron chi connectivity index (χ4n) is 5.29. The van der Waals surface area contributed by atoms with Gasteiger partial charge in [-0.3, -0.25) is 14.4 Å². The molecule has 2 aromatic carbocycles. The van der Waals surface area contributed by atoms with Crippen molar-refractivity contribution >= 4 is 23.2 Å². The Morgan fingerprint density at radius 3 is 2.50 bits per heavy atom. The van der Waals surface area contributed by atoms with E-state index in [1.807, 2.05) is 58.0 Å². The molecule has 0 spiro atoms. The van der Waals surface area contributed by atoms with Crippen molar-refractivity contribution in [3.63, 3.8) is 0 Å². The molecule has 2 heterocycles. The largest absolute Gasteiger partial charge is 0.381 e. The molecule has 0 atom stereocenters. The van der Waals surface area contributed by atoms with Crippen molar-refractivity contribution < 1.29 is 14.3 Å². The highest BCUT2D eigenvalue weighted by Crippen LogP contribution is 2.36. The fraction of sp³-hybridized carbons (Fsp3) is 0.344. The Balaban J connectivity index is 1.79. The van der Waals surface area contributed by atoms with Crippen LogP contribution >= 0.6 is 0 Å². The third-order valence-corrected chi connectivity index (χ3v) is 7.59. The quantitative estimate of drug-likeness (QED) is 0.350. The number of aromatic amines is 1. The van der Waals surface area contributed by atoms with Crippen LogP contribution in [0, 0.1) is 27.7 Å². The number of nitrogens with one attached hydrogen (secondary N) is 3. The van der Waals surface area contributed by atoms with Gasteiger partial charge in [-0.05, 0) is 93.1 Å². The summed E-state index contributed by atoms with van der Waals surface area (Å²) in [5.74, 6) is -0.584. The molecule has 0 aliphatic carbocycles. The van der Waals surface area contributed by atoms with E-state index in [4.69, 9.17) is 4.74 Å². The molecule has 0 saturated carbocycles. The Hall–Kier alpha value is -4.17. The van der Waals surface area contributed by atoms with Crippen molar-refractivity contribution in [2.75, 3.05) is 30.5 Å². The number of aromatic nitrogens is 1. The minimum absolute atomic E-state index is 0.111. The summed E-state index contributed by atoms with van der Waals surface area (Å²) in [7, 11) is 2.05. The summed E-state index contributed by atoms with van der Waals surface area (Å²) in [5.41, 5.74) is 7.44. The molecule has 1 aliphatic heterocycles. The lowest BCUT2D eigenvalue weighted by Gasteiger charge is -2.34. The predicted octanol–water partition coefficient (Wildman–Crippen LogP) is 4.95. The molecule has 1 aliphatic rings. The maximum Gasteiger partial charge on any atom is 0.253 e. The number of anilines is 2.